The summed E-state index contributed by atoms with van der Waals surface area (Å²) in [4.78, 5) is 27.7. The Morgan fingerprint density at radius 2 is 2.12 bits per heavy atom. The third-order valence-corrected chi connectivity index (χ3v) is 6.65. The fraction of sp³-hybridized carbons (Fsp3) is 0.706. The molecule has 1 aliphatic heterocycles. The van der Waals surface area contributed by atoms with Crippen molar-refractivity contribution in [2.75, 3.05) is 25.6 Å². The van der Waals surface area contributed by atoms with E-state index in [1.54, 1.807) is 6.92 Å². The molecule has 2 heterocycles. The predicted molar refractivity (Wildman–Crippen MR) is 122 cm³/mol. The molecule has 0 radical (unpaired) electrons. The van der Waals surface area contributed by atoms with Crippen molar-refractivity contribution in [2.24, 2.45) is 0 Å². The molecule has 0 aliphatic carbocycles. The Bertz CT molecular complexity index is 974. The van der Waals surface area contributed by atoms with Gasteiger partial charge in [-0.3, -0.25) is 18.4 Å². The monoisotopic (exact) mass is 566 g/mol. The van der Waals surface area contributed by atoms with Gasteiger partial charge in [-0.05, 0) is 26.8 Å². The zero-order chi connectivity index (χ0) is 25.9. The van der Waals surface area contributed by atoms with E-state index in [4.69, 9.17) is 59.1 Å². The maximum Gasteiger partial charge on any atom is 0.406 e. The Morgan fingerprint density at radius 1 is 1.47 bits per heavy atom. The summed E-state index contributed by atoms with van der Waals surface area (Å²) < 4.78 is 33.1. The number of aliphatic hydroxyl groups excluding tert-OH is 1. The van der Waals surface area contributed by atoms with Crippen LogP contribution in [0.15, 0.2) is 17.1 Å². The first-order chi connectivity index (χ1) is 15.6. The normalized spacial score (nSPS) is 27.8. The third-order valence-electron chi connectivity index (χ3n) is 4.66. The lowest BCUT2D eigenvalue weighted by molar-refractivity contribution is -0.144. The molecule has 1 aliphatic rings. The van der Waals surface area contributed by atoms with Gasteiger partial charge in [0, 0.05) is 6.20 Å². The lowest BCUT2D eigenvalue weighted by atomic mass is 9.96. The Hall–Kier alpha value is -0.990. The number of anilines is 1. The first-order valence-corrected chi connectivity index (χ1v) is 12.6. The number of carbonyl (C=O) groups is 1. The van der Waals surface area contributed by atoms with Crippen molar-refractivity contribution in [1.29, 1.82) is 0 Å². The van der Waals surface area contributed by atoms with Gasteiger partial charge in [-0.1, -0.05) is 34.8 Å². The second-order valence-corrected chi connectivity index (χ2v) is 11.8. The largest absolute Gasteiger partial charge is 0.465 e. The minimum absolute atomic E-state index is 0.0480. The number of aliphatic hydroxyl groups is 2. The van der Waals surface area contributed by atoms with Gasteiger partial charge >= 0.3 is 19.4 Å². The van der Waals surface area contributed by atoms with E-state index < -0.39 is 66.5 Å². The van der Waals surface area contributed by atoms with Crippen molar-refractivity contribution in [2.45, 2.75) is 54.6 Å². The summed E-state index contributed by atoms with van der Waals surface area (Å²) in [6.07, 6.45) is -3.05. The summed E-state index contributed by atoms with van der Waals surface area (Å²) in [6, 6.07) is 0.155. The highest BCUT2D eigenvalue weighted by Gasteiger charge is 2.54. The molecule has 194 valence electrons. The second-order valence-electron chi connectivity index (χ2n) is 7.52. The number of carbonyl (C=O) groups excluding carboxylic acids is 1. The molecular formula is C17H26Cl3N4O9P. The zero-order valence-corrected chi connectivity index (χ0v) is 21.6. The van der Waals surface area contributed by atoms with E-state index in [-0.39, 0.29) is 12.4 Å². The molecule has 2 rings (SSSR count). The molecule has 17 heteroatoms. The molecule has 5 N–H and O–H groups in total. The molecule has 1 aromatic rings. The van der Waals surface area contributed by atoms with E-state index in [2.05, 4.69) is 10.1 Å². The van der Waals surface area contributed by atoms with Crippen LogP contribution in [0.25, 0.3) is 0 Å². The van der Waals surface area contributed by atoms with Crippen LogP contribution in [0.3, 0.4) is 0 Å². The number of alkyl halides is 3. The second kappa shape index (κ2) is 11.4. The number of ether oxygens (including phenoxy) is 2. The minimum atomic E-state index is -4.35. The van der Waals surface area contributed by atoms with Crippen molar-refractivity contribution in [3.05, 3.63) is 22.7 Å². The van der Waals surface area contributed by atoms with E-state index in [0.29, 0.717) is 0 Å². The maximum absolute atomic E-state index is 13.2. The summed E-state index contributed by atoms with van der Waals surface area (Å²) in [7, 11) is -4.35. The van der Waals surface area contributed by atoms with Gasteiger partial charge < -0.3 is 25.4 Å². The van der Waals surface area contributed by atoms with Crippen LogP contribution >= 0.6 is 42.5 Å². The molecular weight excluding hydrogens is 542 g/mol. The quantitative estimate of drug-likeness (QED) is 0.178. The smallest absolute Gasteiger partial charge is 0.406 e. The molecule has 34 heavy (non-hydrogen) atoms. The summed E-state index contributed by atoms with van der Waals surface area (Å²) in [5.41, 5.74) is 2.66. The van der Waals surface area contributed by atoms with E-state index in [9.17, 15) is 24.4 Å². The molecule has 1 aromatic heterocycles. The Morgan fingerprint density at radius 3 is 2.68 bits per heavy atom. The van der Waals surface area contributed by atoms with Crippen LogP contribution in [0.5, 0.6) is 0 Å². The van der Waals surface area contributed by atoms with Crippen LogP contribution < -0.4 is 16.5 Å². The summed E-state index contributed by atoms with van der Waals surface area (Å²) in [5.74, 6) is -0.799. The number of nitrogens with two attached hydrogens (primary N) is 1. The number of nitrogens with zero attached hydrogens (tertiary/aromatic N) is 2. The number of hydrogen-bond acceptors (Lipinski definition) is 11. The fourth-order valence-electron chi connectivity index (χ4n) is 2.98. The molecule has 0 saturated carbocycles. The number of nitrogen functional groups attached to an aromatic ring is 1. The van der Waals surface area contributed by atoms with Crippen LogP contribution in [-0.4, -0.2) is 73.2 Å². The van der Waals surface area contributed by atoms with Crippen molar-refractivity contribution < 1.29 is 38.1 Å². The summed E-state index contributed by atoms with van der Waals surface area (Å²) >= 11 is 17.0. The SMILES string of the molecule is CCOC(=O)[C@H](C)NP(=O)(OC[C@H]1O[C@@H](n2ccc(N)nc2=O)[C@](C)(O)[C@@H]1O)OCC(Cl)(Cl)Cl. The number of hydrogen-bond donors (Lipinski definition) is 4. The molecule has 0 bridgehead atoms. The third kappa shape index (κ3) is 7.50. The summed E-state index contributed by atoms with van der Waals surface area (Å²) in [6.45, 7) is 2.93. The van der Waals surface area contributed by atoms with Gasteiger partial charge in [0.05, 0.1) is 13.2 Å². The Balaban J connectivity index is 2.20. The van der Waals surface area contributed by atoms with Crippen LogP contribution in [0.1, 0.15) is 27.0 Å². The Kier molecular flexibility index (Phi) is 9.79. The molecule has 1 saturated heterocycles. The number of halogens is 3. The van der Waals surface area contributed by atoms with E-state index in [1.165, 1.54) is 26.1 Å². The van der Waals surface area contributed by atoms with Crippen LogP contribution in [0.4, 0.5) is 5.82 Å². The fourth-order valence-corrected chi connectivity index (χ4v) is 4.88. The van der Waals surface area contributed by atoms with Gasteiger partial charge in [0.2, 0.25) is 3.79 Å². The highest BCUT2D eigenvalue weighted by molar-refractivity contribution is 7.51. The van der Waals surface area contributed by atoms with Crippen LogP contribution in [0, 0.1) is 0 Å². The first-order valence-electron chi connectivity index (χ1n) is 9.90. The van der Waals surface area contributed by atoms with Gasteiger partial charge in [0.25, 0.3) is 0 Å². The first kappa shape index (κ1) is 29.2. The standard InChI is InChI=1S/C17H26Cl3N4O9P/c1-4-30-13(26)9(2)23-34(29,32-8-17(18,19)20)31-7-10-12(25)16(3,28)14(33-10)24-6-5-11(21)22-15(24)27/h5-6,9-10,12,14,25,28H,4,7-8H2,1-3H3,(H,23,29)(H2,21,22,27)/t9-,10+,12+,14+,16+,34?/m0/s1. The van der Waals surface area contributed by atoms with E-state index >= 15 is 0 Å². The molecule has 13 nitrogen and oxygen atoms in total. The summed E-state index contributed by atoms with van der Waals surface area (Å²) in [5, 5.41) is 23.7. The molecule has 1 unspecified atom stereocenters. The van der Waals surface area contributed by atoms with Gasteiger partial charge in [-0.2, -0.15) is 4.98 Å². The zero-order valence-electron chi connectivity index (χ0n) is 18.4. The van der Waals surface area contributed by atoms with Gasteiger partial charge in [0.15, 0.2) is 6.23 Å². The number of esters is 1. The van der Waals surface area contributed by atoms with Gasteiger partial charge in [0.1, 0.15) is 36.3 Å². The van der Waals surface area contributed by atoms with E-state index in [1.807, 2.05) is 0 Å². The highest BCUT2D eigenvalue weighted by Crippen LogP contribution is 2.48. The molecule has 0 aromatic carbocycles. The number of nitrogens with one attached hydrogen (secondary N) is 1. The van der Waals surface area contributed by atoms with Crippen LogP contribution in [0.2, 0.25) is 0 Å². The Labute approximate surface area is 210 Å². The van der Waals surface area contributed by atoms with Crippen molar-refractivity contribution in [3.8, 4) is 0 Å². The van der Waals surface area contributed by atoms with Gasteiger partial charge in [-0.15, -0.1) is 0 Å². The van der Waals surface area contributed by atoms with Gasteiger partial charge in [-0.25, -0.2) is 14.4 Å². The lowest BCUT2D eigenvalue weighted by Gasteiger charge is -2.27. The average molecular weight is 568 g/mol. The number of aromatic nitrogens is 2. The molecule has 0 spiro atoms. The minimum Gasteiger partial charge on any atom is -0.465 e. The lowest BCUT2D eigenvalue weighted by Crippen LogP contribution is -2.46. The highest BCUT2D eigenvalue weighted by atomic mass is 35.6. The molecule has 0 amide bonds. The van der Waals surface area contributed by atoms with Crippen molar-refractivity contribution in [1.82, 2.24) is 14.6 Å². The molecule has 6 atom stereocenters. The van der Waals surface area contributed by atoms with Crippen LogP contribution in [-0.2, 0) is 27.9 Å². The number of rotatable bonds is 10. The molecule has 1 fully saturated rings. The van der Waals surface area contributed by atoms with Crippen molar-refractivity contribution >= 4 is 54.3 Å². The topological polar surface area (TPSA) is 184 Å². The maximum atomic E-state index is 13.2. The average Bonchev–Trinajstić information content (AvgIpc) is 2.94. The van der Waals surface area contributed by atoms with Crippen molar-refractivity contribution in [3.63, 3.8) is 0 Å². The van der Waals surface area contributed by atoms with E-state index in [0.717, 1.165) is 4.57 Å². The predicted octanol–water partition coefficient (Wildman–Crippen LogP) is 0.887.